The standard InChI is InChI=1S/C16H21N3O2/c1-10(2)14-8-12(9-15(17)19-14)16(20)18-11(3)7-13-5-4-6-21-13/h4-6,8-11H,7H2,1-3H3,(H2,17,19)(H,18,20). The lowest BCUT2D eigenvalue weighted by atomic mass is 10.1. The monoisotopic (exact) mass is 287 g/mol. The molecule has 2 rings (SSSR count). The molecule has 0 aliphatic carbocycles. The molecular weight excluding hydrogens is 266 g/mol. The number of furan rings is 1. The molecule has 2 heterocycles. The van der Waals surface area contributed by atoms with Crippen molar-refractivity contribution in [2.45, 2.75) is 39.2 Å². The summed E-state index contributed by atoms with van der Waals surface area (Å²) in [6, 6.07) is 7.09. The van der Waals surface area contributed by atoms with Gasteiger partial charge >= 0.3 is 0 Å². The maximum absolute atomic E-state index is 12.3. The Morgan fingerprint density at radius 2 is 2.14 bits per heavy atom. The predicted octanol–water partition coefficient (Wildman–Crippen LogP) is 2.74. The summed E-state index contributed by atoms with van der Waals surface area (Å²) in [6.07, 6.45) is 2.28. The Bertz CT molecular complexity index is 606. The molecule has 3 N–H and O–H groups in total. The van der Waals surface area contributed by atoms with Crippen LogP contribution in [0.1, 0.15) is 48.5 Å². The summed E-state index contributed by atoms with van der Waals surface area (Å²) in [5, 5.41) is 2.95. The van der Waals surface area contributed by atoms with E-state index in [0.717, 1.165) is 11.5 Å². The number of nitrogens with zero attached hydrogens (tertiary/aromatic N) is 1. The van der Waals surface area contributed by atoms with Crippen molar-refractivity contribution in [3.8, 4) is 0 Å². The number of aromatic nitrogens is 1. The van der Waals surface area contributed by atoms with Crippen molar-refractivity contribution < 1.29 is 9.21 Å². The van der Waals surface area contributed by atoms with Crippen LogP contribution in [-0.2, 0) is 6.42 Å². The average Bonchev–Trinajstić information content (AvgIpc) is 2.90. The first-order chi connectivity index (χ1) is 9.95. The van der Waals surface area contributed by atoms with E-state index in [-0.39, 0.29) is 17.9 Å². The normalized spacial score (nSPS) is 12.4. The Balaban J connectivity index is 2.06. The van der Waals surface area contributed by atoms with E-state index < -0.39 is 0 Å². The summed E-state index contributed by atoms with van der Waals surface area (Å²) in [4.78, 5) is 16.5. The zero-order chi connectivity index (χ0) is 15.4. The zero-order valence-corrected chi connectivity index (χ0v) is 12.6. The number of amides is 1. The van der Waals surface area contributed by atoms with Crippen LogP contribution in [0.5, 0.6) is 0 Å². The van der Waals surface area contributed by atoms with Crippen LogP contribution in [0.4, 0.5) is 5.82 Å². The van der Waals surface area contributed by atoms with Crippen molar-refractivity contribution in [2.24, 2.45) is 0 Å². The summed E-state index contributed by atoms with van der Waals surface area (Å²) in [5.41, 5.74) is 7.13. The number of carbonyl (C=O) groups is 1. The van der Waals surface area contributed by atoms with Crippen molar-refractivity contribution in [2.75, 3.05) is 5.73 Å². The molecule has 5 heteroatoms. The molecule has 0 radical (unpaired) electrons. The number of pyridine rings is 1. The lowest BCUT2D eigenvalue weighted by molar-refractivity contribution is 0.0939. The fraction of sp³-hybridized carbons (Fsp3) is 0.375. The Morgan fingerprint density at radius 3 is 2.76 bits per heavy atom. The van der Waals surface area contributed by atoms with Gasteiger partial charge in [-0.3, -0.25) is 4.79 Å². The third kappa shape index (κ3) is 4.08. The second-order valence-electron chi connectivity index (χ2n) is 5.52. The molecule has 1 unspecified atom stereocenters. The quantitative estimate of drug-likeness (QED) is 0.886. The van der Waals surface area contributed by atoms with E-state index in [1.807, 2.05) is 32.9 Å². The van der Waals surface area contributed by atoms with E-state index in [1.54, 1.807) is 18.4 Å². The van der Waals surface area contributed by atoms with Gasteiger partial charge in [0.25, 0.3) is 5.91 Å². The van der Waals surface area contributed by atoms with Crippen LogP contribution in [0.25, 0.3) is 0 Å². The Morgan fingerprint density at radius 1 is 1.38 bits per heavy atom. The number of anilines is 1. The van der Waals surface area contributed by atoms with E-state index in [9.17, 15) is 4.79 Å². The Hall–Kier alpha value is -2.30. The molecule has 0 saturated heterocycles. The second-order valence-corrected chi connectivity index (χ2v) is 5.52. The fourth-order valence-electron chi connectivity index (χ4n) is 2.09. The highest BCUT2D eigenvalue weighted by Crippen LogP contribution is 2.16. The van der Waals surface area contributed by atoms with E-state index in [0.29, 0.717) is 17.8 Å². The maximum atomic E-state index is 12.3. The minimum Gasteiger partial charge on any atom is -0.469 e. The van der Waals surface area contributed by atoms with E-state index in [2.05, 4.69) is 10.3 Å². The van der Waals surface area contributed by atoms with E-state index in [1.165, 1.54) is 0 Å². The summed E-state index contributed by atoms with van der Waals surface area (Å²) in [7, 11) is 0. The van der Waals surface area contributed by atoms with Gasteiger partial charge in [0.1, 0.15) is 11.6 Å². The first-order valence-corrected chi connectivity index (χ1v) is 7.06. The van der Waals surface area contributed by atoms with Crippen LogP contribution in [-0.4, -0.2) is 16.9 Å². The third-order valence-corrected chi connectivity index (χ3v) is 3.18. The molecule has 112 valence electrons. The van der Waals surface area contributed by atoms with Crippen LogP contribution >= 0.6 is 0 Å². The molecule has 2 aromatic rings. The summed E-state index contributed by atoms with van der Waals surface area (Å²) < 4.78 is 5.28. The molecule has 0 fully saturated rings. The van der Waals surface area contributed by atoms with E-state index >= 15 is 0 Å². The minimum absolute atomic E-state index is 0.0273. The lowest BCUT2D eigenvalue weighted by Gasteiger charge is -2.14. The fourth-order valence-corrected chi connectivity index (χ4v) is 2.09. The molecular formula is C16H21N3O2. The Labute approximate surface area is 124 Å². The van der Waals surface area contributed by atoms with Gasteiger partial charge < -0.3 is 15.5 Å². The third-order valence-electron chi connectivity index (χ3n) is 3.18. The highest BCUT2D eigenvalue weighted by Gasteiger charge is 2.14. The summed E-state index contributed by atoms with van der Waals surface area (Å²) >= 11 is 0. The number of hydrogen-bond acceptors (Lipinski definition) is 4. The molecule has 2 aromatic heterocycles. The van der Waals surface area contributed by atoms with Crippen LogP contribution in [0.15, 0.2) is 34.9 Å². The SMILES string of the molecule is CC(Cc1ccco1)NC(=O)c1cc(N)nc(C(C)C)c1. The number of nitrogens with two attached hydrogens (primary N) is 1. The average molecular weight is 287 g/mol. The molecule has 1 atom stereocenters. The van der Waals surface area contributed by atoms with Crippen LogP contribution in [0, 0.1) is 0 Å². The van der Waals surface area contributed by atoms with Crippen molar-refractivity contribution >= 4 is 11.7 Å². The van der Waals surface area contributed by atoms with Crippen molar-refractivity contribution in [3.63, 3.8) is 0 Å². The lowest BCUT2D eigenvalue weighted by Crippen LogP contribution is -2.34. The van der Waals surface area contributed by atoms with Gasteiger partial charge in [-0.05, 0) is 37.1 Å². The summed E-state index contributed by atoms with van der Waals surface area (Å²) in [5.74, 6) is 1.29. The number of rotatable bonds is 5. The van der Waals surface area contributed by atoms with Gasteiger partial charge in [-0.2, -0.15) is 0 Å². The van der Waals surface area contributed by atoms with Crippen LogP contribution in [0.2, 0.25) is 0 Å². The predicted molar refractivity (Wildman–Crippen MR) is 82.1 cm³/mol. The molecule has 21 heavy (non-hydrogen) atoms. The Kier molecular flexibility index (Phi) is 4.62. The van der Waals surface area contributed by atoms with Crippen molar-refractivity contribution in [1.29, 1.82) is 0 Å². The summed E-state index contributed by atoms with van der Waals surface area (Å²) in [6.45, 7) is 5.97. The van der Waals surface area contributed by atoms with Crippen molar-refractivity contribution in [1.82, 2.24) is 10.3 Å². The van der Waals surface area contributed by atoms with Gasteiger partial charge in [-0.25, -0.2) is 4.98 Å². The molecule has 5 nitrogen and oxygen atoms in total. The molecule has 1 amide bonds. The highest BCUT2D eigenvalue weighted by molar-refractivity contribution is 5.95. The number of nitrogens with one attached hydrogen (secondary N) is 1. The number of nitrogen functional groups attached to an aromatic ring is 1. The molecule has 0 aliphatic heterocycles. The van der Waals surface area contributed by atoms with Gasteiger partial charge in [0.05, 0.1) is 6.26 Å². The van der Waals surface area contributed by atoms with Gasteiger partial charge in [-0.1, -0.05) is 13.8 Å². The minimum atomic E-state index is -0.148. The molecule has 0 saturated carbocycles. The van der Waals surface area contributed by atoms with E-state index in [4.69, 9.17) is 10.2 Å². The topological polar surface area (TPSA) is 81.2 Å². The van der Waals surface area contributed by atoms with Gasteiger partial charge in [0.15, 0.2) is 0 Å². The molecule has 0 spiro atoms. The highest BCUT2D eigenvalue weighted by atomic mass is 16.3. The van der Waals surface area contributed by atoms with Crippen LogP contribution in [0.3, 0.4) is 0 Å². The van der Waals surface area contributed by atoms with Gasteiger partial charge in [0, 0.05) is 23.7 Å². The van der Waals surface area contributed by atoms with Gasteiger partial charge in [-0.15, -0.1) is 0 Å². The first-order valence-electron chi connectivity index (χ1n) is 7.06. The zero-order valence-electron chi connectivity index (χ0n) is 12.6. The second kappa shape index (κ2) is 6.43. The maximum Gasteiger partial charge on any atom is 0.251 e. The number of hydrogen-bond donors (Lipinski definition) is 2. The van der Waals surface area contributed by atoms with Gasteiger partial charge in [0.2, 0.25) is 0 Å². The largest absolute Gasteiger partial charge is 0.469 e. The van der Waals surface area contributed by atoms with Crippen molar-refractivity contribution in [3.05, 3.63) is 47.5 Å². The first kappa shape index (κ1) is 15.1. The number of carbonyl (C=O) groups excluding carboxylic acids is 1. The van der Waals surface area contributed by atoms with Crippen LogP contribution < -0.4 is 11.1 Å². The molecule has 0 aliphatic rings. The smallest absolute Gasteiger partial charge is 0.251 e. The molecule has 0 aromatic carbocycles. The molecule has 0 bridgehead atoms.